The Bertz CT molecular complexity index is 1090. The lowest BCUT2D eigenvalue weighted by Gasteiger charge is -2.01. The van der Waals surface area contributed by atoms with Crippen molar-refractivity contribution in [2.24, 2.45) is 0 Å². The summed E-state index contributed by atoms with van der Waals surface area (Å²) in [5, 5.41) is 6.49. The number of halogens is 4. The van der Waals surface area contributed by atoms with Crippen LogP contribution in [0.2, 0.25) is 0 Å². The van der Waals surface area contributed by atoms with Crippen molar-refractivity contribution in [3.63, 3.8) is 0 Å². The Morgan fingerprint density at radius 2 is 1.06 bits per heavy atom. The Balaban J connectivity index is 0.000000321. The number of nitrogens with one attached hydrogen (secondary N) is 4. The van der Waals surface area contributed by atoms with Gasteiger partial charge in [-0.3, -0.25) is 10.6 Å². The van der Waals surface area contributed by atoms with Gasteiger partial charge in [-0.15, -0.1) is 0 Å². The fraction of sp³-hybridized carbons (Fsp3) is 0.0909. The molecule has 4 rings (SSSR count). The molecule has 2 aromatic heterocycles. The summed E-state index contributed by atoms with van der Waals surface area (Å²) in [5.74, 6) is 4.26. The van der Waals surface area contributed by atoms with Crippen molar-refractivity contribution in [3.05, 3.63) is 79.5 Å². The van der Waals surface area contributed by atoms with Crippen LogP contribution in [0.4, 0.5) is 34.6 Å². The molecule has 4 aromatic rings. The Labute approximate surface area is 238 Å². The number of hydrogen-bond acceptors (Lipinski definition) is 6. The number of nitrogens with zero attached hydrogens (tertiary/aromatic N) is 2. The van der Waals surface area contributed by atoms with Gasteiger partial charge in [0.25, 0.3) is 0 Å². The van der Waals surface area contributed by atoms with Crippen LogP contribution >= 0.6 is 45.2 Å². The molecular formula is C22H24Cl2I2N8. The first-order valence-corrected chi connectivity index (χ1v) is 11.8. The van der Waals surface area contributed by atoms with Crippen molar-refractivity contribution in [2.75, 3.05) is 22.1 Å². The highest BCUT2D eigenvalue weighted by Gasteiger charge is 2.07. The molecule has 0 amide bonds. The molecule has 34 heavy (non-hydrogen) atoms. The average Bonchev–Trinajstić information content (AvgIpc) is 2.67. The fourth-order valence-electron chi connectivity index (χ4n) is 2.84. The number of H-pyrrole nitrogens is 2. The van der Waals surface area contributed by atoms with Gasteiger partial charge in [0.1, 0.15) is 0 Å². The lowest BCUT2D eigenvalue weighted by atomic mass is 10.3. The molecule has 0 fully saturated rings. The van der Waals surface area contributed by atoms with E-state index in [1.807, 2.05) is 50.2 Å². The third kappa shape index (κ3) is 9.99. The first kappa shape index (κ1) is 29.9. The molecule has 180 valence electrons. The average molecular weight is 725 g/mol. The smallest absolute Gasteiger partial charge is 0.235 e. The number of aromatic amines is 2. The van der Waals surface area contributed by atoms with Crippen LogP contribution in [-0.4, -0.2) is 9.97 Å². The highest BCUT2D eigenvalue weighted by molar-refractivity contribution is 14.1. The molecule has 0 atom stereocenters. The molecule has 12 heteroatoms. The monoisotopic (exact) mass is 724 g/mol. The standard InChI is InChI=1S/2C11H11IN4.2ClH/c2*1-7-14-10(13)6-11(15-7)16-9-4-2-3-8(12)5-9;;/h2*2-6H,1H3,(H3,13,14,15,16);2*1H. The minimum Gasteiger partial charge on any atom is -1.00 e. The quantitative estimate of drug-likeness (QED) is 0.186. The van der Waals surface area contributed by atoms with Crippen molar-refractivity contribution in [1.29, 1.82) is 0 Å². The molecule has 0 aliphatic heterocycles. The second-order valence-corrected chi connectivity index (χ2v) is 9.37. The maximum Gasteiger partial charge on any atom is 0.235 e. The Kier molecular flexibility index (Phi) is 12.6. The van der Waals surface area contributed by atoms with Gasteiger partial charge in [0.2, 0.25) is 34.9 Å². The van der Waals surface area contributed by atoms with E-state index in [0.29, 0.717) is 11.6 Å². The molecule has 8 nitrogen and oxygen atoms in total. The molecule has 0 bridgehead atoms. The van der Waals surface area contributed by atoms with E-state index in [-0.39, 0.29) is 24.8 Å². The second kappa shape index (κ2) is 14.3. The number of nitrogen functional groups attached to an aromatic ring is 2. The second-order valence-electron chi connectivity index (χ2n) is 6.88. The summed E-state index contributed by atoms with van der Waals surface area (Å²) in [4.78, 5) is 14.4. The molecule has 0 aliphatic carbocycles. The van der Waals surface area contributed by atoms with Gasteiger partial charge >= 0.3 is 0 Å². The zero-order valence-corrected chi connectivity index (χ0v) is 24.2. The summed E-state index contributed by atoms with van der Waals surface area (Å²) in [6.07, 6.45) is 0. The van der Waals surface area contributed by atoms with Gasteiger partial charge < -0.3 is 36.3 Å². The third-order valence-corrected chi connectivity index (χ3v) is 5.36. The van der Waals surface area contributed by atoms with Gasteiger partial charge in [-0.1, -0.05) is 22.1 Å². The number of aryl methyl sites for hydroxylation is 2. The Morgan fingerprint density at radius 1 is 0.676 bits per heavy atom. The number of benzene rings is 2. The van der Waals surface area contributed by atoms with Gasteiger partial charge in [0.15, 0.2) is 0 Å². The van der Waals surface area contributed by atoms with E-state index in [2.05, 4.69) is 87.9 Å². The zero-order chi connectivity index (χ0) is 23.1. The lowest BCUT2D eigenvalue weighted by molar-refractivity contribution is -0.376. The minimum absolute atomic E-state index is 0. The minimum atomic E-state index is 0. The molecule has 2 heterocycles. The Morgan fingerprint density at radius 3 is 1.38 bits per heavy atom. The van der Waals surface area contributed by atoms with E-state index >= 15 is 0 Å². The summed E-state index contributed by atoms with van der Waals surface area (Å²) in [5.41, 5.74) is 13.4. The summed E-state index contributed by atoms with van der Waals surface area (Å²) >= 11 is 4.55. The van der Waals surface area contributed by atoms with Crippen LogP contribution in [0.1, 0.15) is 11.6 Å². The number of rotatable bonds is 4. The van der Waals surface area contributed by atoms with Gasteiger partial charge in [-0.25, -0.2) is 9.97 Å². The van der Waals surface area contributed by atoms with E-state index in [4.69, 9.17) is 11.5 Å². The van der Waals surface area contributed by atoms with Crippen molar-refractivity contribution in [2.45, 2.75) is 13.8 Å². The van der Waals surface area contributed by atoms with Crippen LogP contribution in [0.5, 0.6) is 0 Å². The highest BCUT2D eigenvalue weighted by Crippen LogP contribution is 2.17. The molecule has 0 saturated carbocycles. The lowest BCUT2D eigenvalue weighted by Crippen LogP contribution is -3.00. The predicted octanol–water partition coefficient (Wildman–Crippen LogP) is -1.72. The van der Waals surface area contributed by atoms with Crippen molar-refractivity contribution in [1.82, 2.24) is 9.97 Å². The number of hydrogen-bond donors (Lipinski definition) is 4. The van der Waals surface area contributed by atoms with Crippen LogP contribution < -0.4 is 56.9 Å². The molecule has 8 N–H and O–H groups in total. The van der Waals surface area contributed by atoms with E-state index in [0.717, 1.165) is 34.7 Å². The first-order chi connectivity index (χ1) is 15.3. The number of anilines is 6. The topological polar surface area (TPSA) is 130 Å². The SMILES string of the molecule is Cc1nc(N)cc(Nc2cccc(I)c2)[nH+]1.Cc1nc(N)cc(Nc2cccc(I)c2)[nH+]1.[Cl-].[Cl-]. The zero-order valence-electron chi connectivity index (χ0n) is 18.3. The van der Waals surface area contributed by atoms with Gasteiger partial charge in [-0.2, -0.15) is 0 Å². The normalized spacial score (nSPS) is 9.53. The van der Waals surface area contributed by atoms with E-state index in [9.17, 15) is 0 Å². The molecule has 0 saturated heterocycles. The van der Waals surface area contributed by atoms with Gasteiger partial charge in [-0.05, 0) is 81.6 Å². The first-order valence-electron chi connectivity index (χ1n) is 9.65. The van der Waals surface area contributed by atoms with Crippen LogP contribution in [0.25, 0.3) is 0 Å². The highest BCUT2D eigenvalue weighted by atomic mass is 127. The van der Waals surface area contributed by atoms with E-state index in [1.54, 1.807) is 12.1 Å². The molecule has 0 radical (unpaired) electrons. The fourth-order valence-corrected chi connectivity index (χ4v) is 3.93. The predicted molar refractivity (Wildman–Crippen MR) is 145 cm³/mol. The maximum atomic E-state index is 5.67. The molecule has 0 unspecified atom stereocenters. The van der Waals surface area contributed by atoms with Crippen LogP contribution in [0.15, 0.2) is 60.7 Å². The van der Waals surface area contributed by atoms with Crippen LogP contribution in [-0.2, 0) is 0 Å². The summed E-state index contributed by atoms with van der Waals surface area (Å²) in [7, 11) is 0. The van der Waals surface area contributed by atoms with Crippen molar-refractivity contribution >= 4 is 79.8 Å². The molecule has 0 spiro atoms. The molecule has 0 aliphatic rings. The number of aromatic nitrogens is 4. The third-order valence-electron chi connectivity index (χ3n) is 4.02. The van der Waals surface area contributed by atoms with Crippen LogP contribution in [0, 0.1) is 21.0 Å². The largest absolute Gasteiger partial charge is 1.00 e. The summed E-state index contributed by atoms with van der Waals surface area (Å²) in [6, 6.07) is 19.7. The van der Waals surface area contributed by atoms with Gasteiger partial charge in [0, 0.05) is 21.0 Å². The maximum absolute atomic E-state index is 5.67. The summed E-state index contributed by atoms with van der Waals surface area (Å²) in [6.45, 7) is 3.74. The van der Waals surface area contributed by atoms with Crippen LogP contribution in [0.3, 0.4) is 0 Å². The van der Waals surface area contributed by atoms with E-state index in [1.165, 1.54) is 7.14 Å². The van der Waals surface area contributed by atoms with Crippen molar-refractivity contribution in [3.8, 4) is 0 Å². The van der Waals surface area contributed by atoms with Gasteiger partial charge in [0.05, 0.1) is 23.5 Å². The number of nitrogens with two attached hydrogens (primary N) is 2. The molecule has 2 aromatic carbocycles. The summed E-state index contributed by atoms with van der Waals surface area (Å²) < 4.78 is 2.36. The van der Waals surface area contributed by atoms with Crippen molar-refractivity contribution < 1.29 is 34.8 Å². The molecular weight excluding hydrogens is 701 g/mol. The Hall–Kier alpha value is -2.16. The van der Waals surface area contributed by atoms with E-state index < -0.39 is 0 Å².